The fraction of sp³-hybridized carbons (Fsp3) is 0.231. The van der Waals surface area contributed by atoms with Gasteiger partial charge in [0.1, 0.15) is 23.5 Å². The summed E-state index contributed by atoms with van der Waals surface area (Å²) >= 11 is 3.26. The smallest absolute Gasteiger partial charge is 0.169 e. The summed E-state index contributed by atoms with van der Waals surface area (Å²) in [6.07, 6.45) is 4.53. The van der Waals surface area contributed by atoms with Crippen LogP contribution < -0.4 is 0 Å². The van der Waals surface area contributed by atoms with Crippen molar-refractivity contribution in [2.45, 2.75) is 19.3 Å². The first kappa shape index (κ1) is 11.7. The van der Waals surface area contributed by atoms with Crippen molar-refractivity contribution >= 4 is 21.5 Å². The summed E-state index contributed by atoms with van der Waals surface area (Å²) in [4.78, 5) is 0. The van der Waals surface area contributed by atoms with E-state index in [1.807, 2.05) is 30.3 Å². The van der Waals surface area contributed by atoms with Crippen LogP contribution in [0.3, 0.4) is 0 Å². The van der Waals surface area contributed by atoms with E-state index < -0.39 is 0 Å². The molecule has 0 saturated carbocycles. The van der Waals surface area contributed by atoms with E-state index in [0.717, 1.165) is 36.2 Å². The first-order chi connectivity index (χ1) is 8.24. The van der Waals surface area contributed by atoms with E-state index in [1.54, 1.807) is 0 Å². The summed E-state index contributed by atoms with van der Waals surface area (Å²) < 4.78 is 6.16. The second kappa shape index (κ2) is 5.03. The zero-order valence-corrected chi connectivity index (χ0v) is 10.6. The average Bonchev–Trinajstić information content (AvgIpc) is 2.78. The summed E-state index contributed by atoms with van der Waals surface area (Å²) in [6.45, 7) is 0. The maximum absolute atomic E-state index is 8.85. The molecular weight excluding hydrogens is 280 g/mol. The molecule has 0 spiro atoms. The van der Waals surface area contributed by atoms with Gasteiger partial charge in [-0.25, -0.2) is 0 Å². The highest BCUT2D eigenvalue weighted by atomic mass is 79.9. The Balaban J connectivity index is 2.41. The summed E-state index contributed by atoms with van der Waals surface area (Å²) in [5.41, 5.74) is 2.05. The fourth-order valence-electron chi connectivity index (χ4n) is 1.87. The Morgan fingerprint density at radius 2 is 2.00 bits per heavy atom. The highest BCUT2D eigenvalue weighted by molar-refractivity contribution is 9.10. The molecule has 0 bridgehead atoms. The van der Waals surface area contributed by atoms with Crippen molar-refractivity contribution < 1.29 is 4.42 Å². The van der Waals surface area contributed by atoms with Crippen LogP contribution in [0.15, 0.2) is 38.4 Å². The van der Waals surface area contributed by atoms with Crippen LogP contribution >= 0.6 is 15.9 Å². The molecule has 17 heavy (non-hydrogen) atoms. The minimum Gasteiger partial charge on any atom is -0.450 e. The number of halogens is 1. The third-order valence-corrected chi connectivity index (χ3v) is 3.10. The zero-order valence-electron chi connectivity index (χ0n) is 9.03. The lowest BCUT2D eigenvalue weighted by atomic mass is 9.91. The molecule has 1 aliphatic carbocycles. The van der Waals surface area contributed by atoms with Crippen LogP contribution in [-0.4, -0.2) is 0 Å². The molecule has 0 saturated heterocycles. The van der Waals surface area contributed by atoms with E-state index in [-0.39, 0.29) is 5.57 Å². The number of furan rings is 1. The first-order valence-corrected chi connectivity index (χ1v) is 6.03. The van der Waals surface area contributed by atoms with E-state index in [1.165, 1.54) is 0 Å². The third kappa shape index (κ3) is 2.49. The van der Waals surface area contributed by atoms with Crippen molar-refractivity contribution in [3.63, 3.8) is 0 Å². The van der Waals surface area contributed by atoms with E-state index in [4.69, 9.17) is 14.9 Å². The molecular formula is C13H9BrN2O. The van der Waals surface area contributed by atoms with Crippen LogP contribution in [0.2, 0.25) is 0 Å². The molecule has 3 nitrogen and oxygen atoms in total. The van der Waals surface area contributed by atoms with Crippen LogP contribution in [0.5, 0.6) is 0 Å². The Morgan fingerprint density at radius 3 is 2.59 bits per heavy atom. The van der Waals surface area contributed by atoms with Crippen molar-refractivity contribution in [1.82, 2.24) is 0 Å². The van der Waals surface area contributed by atoms with Gasteiger partial charge in [-0.15, -0.1) is 0 Å². The number of rotatable bonds is 1. The topological polar surface area (TPSA) is 60.7 Å². The lowest BCUT2D eigenvalue weighted by Crippen LogP contribution is -1.96. The molecule has 0 fully saturated rings. The number of allylic oxidation sites excluding steroid dienone is 4. The van der Waals surface area contributed by atoms with E-state index in [0.29, 0.717) is 4.67 Å². The second-order valence-corrected chi connectivity index (χ2v) is 4.53. The molecule has 1 aromatic rings. The molecule has 2 rings (SSSR count). The lowest BCUT2D eigenvalue weighted by Gasteiger charge is -2.13. The molecule has 0 aromatic carbocycles. The summed E-state index contributed by atoms with van der Waals surface area (Å²) in [5, 5.41) is 17.7. The second-order valence-electron chi connectivity index (χ2n) is 3.75. The van der Waals surface area contributed by atoms with Gasteiger partial charge in [-0.2, -0.15) is 10.5 Å². The van der Waals surface area contributed by atoms with E-state index in [2.05, 4.69) is 15.9 Å². The number of hydrogen-bond donors (Lipinski definition) is 0. The van der Waals surface area contributed by atoms with Crippen LogP contribution in [0.4, 0.5) is 0 Å². The highest BCUT2D eigenvalue weighted by Gasteiger charge is 2.15. The fourth-order valence-corrected chi connectivity index (χ4v) is 2.18. The molecule has 1 aliphatic rings. The molecule has 0 N–H and O–H groups in total. The van der Waals surface area contributed by atoms with Crippen molar-refractivity contribution in [3.05, 3.63) is 39.8 Å². The van der Waals surface area contributed by atoms with Gasteiger partial charge >= 0.3 is 0 Å². The van der Waals surface area contributed by atoms with Crippen molar-refractivity contribution in [1.29, 1.82) is 10.5 Å². The van der Waals surface area contributed by atoms with Gasteiger partial charge in [-0.05, 0) is 58.5 Å². The monoisotopic (exact) mass is 288 g/mol. The molecule has 84 valence electrons. The Hall–Kier alpha value is -1.78. The van der Waals surface area contributed by atoms with Gasteiger partial charge in [0.15, 0.2) is 4.67 Å². The zero-order chi connectivity index (χ0) is 12.3. The average molecular weight is 289 g/mol. The van der Waals surface area contributed by atoms with Crippen LogP contribution in [0.25, 0.3) is 5.57 Å². The van der Waals surface area contributed by atoms with Crippen molar-refractivity contribution in [3.8, 4) is 12.1 Å². The third-order valence-electron chi connectivity index (χ3n) is 2.68. The molecule has 0 unspecified atom stereocenters. The molecule has 0 atom stereocenters. The standard InChI is InChI=1S/C13H9BrN2O/c14-13-5-4-12(17-13)10-3-1-2-9(6-10)11(7-15)8-16/h4-6H,1-3H2. The Kier molecular flexibility index (Phi) is 3.46. The lowest BCUT2D eigenvalue weighted by molar-refractivity contribution is 0.523. The molecule has 1 aromatic heterocycles. The van der Waals surface area contributed by atoms with Crippen LogP contribution in [0, 0.1) is 22.7 Å². The summed E-state index contributed by atoms with van der Waals surface area (Å²) in [7, 11) is 0. The van der Waals surface area contributed by atoms with Crippen LogP contribution in [0.1, 0.15) is 25.0 Å². The molecule has 0 amide bonds. The Bertz CT molecular complexity index is 565. The molecule has 0 radical (unpaired) electrons. The van der Waals surface area contributed by atoms with Crippen molar-refractivity contribution in [2.24, 2.45) is 0 Å². The molecule has 1 heterocycles. The Morgan fingerprint density at radius 1 is 1.24 bits per heavy atom. The van der Waals surface area contributed by atoms with Gasteiger partial charge in [0, 0.05) is 0 Å². The number of nitrogens with zero attached hydrogens (tertiary/aromatic N) is 2. The normalized spacial score (nSPS) is 14.8. The summed E-state index contributed by atoms with van der Waals surface area (Å²) in [5.74, 6) is 0.796. The highest BCUT2D eigenvalue weighted by Crippen LogP contribution is 2.32. The van der Waals surface area contributed by atoms with Gasteiger partial charge < -0.3 is 4.42 Å². The SMILES string of the molecule is N#CC(C#N)=C1C=C(c2ccc(Br)o2)CCC1. The quantitative estimate of drug-likeness (QED) is 0.735. The minimum atomic E-state index is 0.202. The van der Waals surface area contributed by atoms with E-state index >= 15 is 0 Å². The molecule has 0 aliphatic heterocycles. The number of nitriles is 2. The van der Waals surface area contributed by atoms with E-state index in [9.17, 15) is 0 Å². The van der Waals surface area contributed by atoms with Gasteiger partial charge in [0.25, 0.3) is 0 Å². The minimum absolute atomic E-state index is 0.202. The molecule has 4 heteroatoms. The van der Waals surface area contributed by atoms with Crippen LogP contribution in [-0.2, 0) is 0 Å². The predicted octanol–water partition coefficient (Wildman–Crippen LogP) is 3.95. The van der Waals surface area contributed by atoms with Gasteiger partial charge in [-0.3, -0.25) is 0 Å². The number of hydrogen-bond acceptors (Lipinski definition) is 3. The van der Waals surface area contributed by atoms with Crippen molar-refractivity contribution in [2.75, 3.05) is 0 Å². The predicted molar refractivity (Wildman–Crippen MR) is 66.5 cm³/mol. The van der Waals surface area contributed by atoms with Gasteiger partial charge in [0.2, 0.25) is 0 Å². The maximum Gasteiger partial charge on any atom is 0.169 e. The largest absolute Gasteiger partial charge is 0.450 e. The first-order valence-electron chi connectivity index (χ1n) is 5.24. The maximum atomic E-state index is 8.85. The van der Waals surface area contributed by atoms with Gasteiger partial charge in [-0.1, -0.05) is 6.08 Å². The summed E-state index contributed by atoms with van der Waals surface area (Å²) in [6, 6.07) is 7.59. The Labute approximate surface area is 108 Å². The van der Waals surface area contributed by atoms with Gasteiger partial charge in [0.05, 0.1) is 0 Å².